The highest BCUT2D eigenvalue weighted by molar-refractivity contribution is 7.92. The summed E-state index contributed by atoms with van der Waals surface area (Å²) in [5, 5.41) is 3.81. The van der Waals surface area contributed by atoms with Crippen molar-refractivity contribution in [1.82, 2.24) is 0 Å². The van der Waals surface area contributed by atoms with Crippen molar-refractivity contribution in [2.75, 3.05) is 22.8 Å². The Hall–Kier alpha value is -0.980. The fourth-order valence-corrected chi connectivity index (χ4v) is 3.47. The lowest BCUT2D eigenvalue weighted by atomic mass is 10.0. The maximum Gasteiger partial charge on any atom is 0.229 e. The van der Waals surface area contributed by atoms with E-state index in [0.717, 1.165) is 24.8 Å². The van der Waals surface area contributed by atoms with Crippen molar-refractivity contribution in [3.63, 3.8) is 0 Å². The molecular weight excluding hydrogens is 298 g/mol. The SMILES string of the molecule is CS(=O)(=O)Nc1ccc(NC2CCCC2CN)cc1Cl. The number of halogens is 1. The maximum absolute atomic E-state index is 11.2. The quantitative estimate of drug-likeness (QED) is 0.777. The molecule has 1 aromatic carbocycles. The van der Waals surface area contributed by atoms with Crippen LogP contribution in [0.2, 0.25) is 5.02 Å². The highest BCUT2D eigenvalue weighted by Gasteiger charge is 2.25. The van der Waals surface area contributed by atoms with Crippen LogP contribution in [0.1, 0.15) is 19.3 Å². The molecule has 7 heteroatoms. The third-order valence-corrected chi connectivity index (χ3v) is 4.48. The van der Waals surface area contributed by atoms with Crippen molar-refractivity contribution in [2.45, 2.75) is 25.3 Å². The molecule has 5 nitrogen and oxygen atoms in total. The molecule has 0 aromatic heterocycles. The van der Waals surface area contributed by atoms with E-state index < -0.39 is 10.0 Å². The van der Waals surface area contributed by atoms with E-state index in [9.17, 15) is 8.42 Å². The third-order valence-electron chi connectivity index (χ3n) is 3.58. The molecule has 20 heavy (non-hydrogen) atoms. The fraction of sp³-hybridized carbons (Fsp3) is 0.538. The van der Waals surface area contributed by atoms with E-state index in [4.69, 9.17) is 17.3 Å². The predicted molar refractivity (Wildman–Crippen MR) is 83.7 cm³/mol. The number of anilines is 2. The fourth-order valence-electron chi connectivity index (χ4n) is 2.61. The molecule has 0 amide bonds. The van der Waals surface area contributed by atoms with Crippen molar-refractivity contribution >= 4 is 33.0 Å². The minimum atomic E-state index is -3.32. The van der Waals surface area contributed by atoms with Crippen LogP contribution in [0.5, 0.6) is 0 Å². The number of sulfonamides is 1. The average Bonchev–Trinajstić information content (AvgIpc) is 2.78. The number of rotatable bonds is 5. The summed E-state index contributed by atoms with van der Waals surface area (Å²) in [4.78, 5) is 0. The van der Waals surface area contributed by atoms with Gasteiger partial charge in [0.1, 0.15) is 0 Å². The van der Waals surface area contributed by atoms with E-state index in [2.05, 4.69) is 10.0 Å². The van der Waals surface area contributed by atoms with Crippen molar-refractivity contribution in [1.29, 1.82) is 0 Å². The lowest BCUT2D eigenvalue weighted by molar-refractivity contribution is 0.516. The van der Waals surface area contributed by atoms with E-state index in [1.807, 2.05) is 6.07 Å². The van der Waals surface area contributed by atoms with Gasteiger partial charge < -0.3 is 11.1 Å². The van der Waals surface area contributed by atoms with Gasteiger partial charge >= 0.3 is 0 Å². The average molecular weight is 318 g/mol. The maximum atomic E-state index is 11.2. The zero-order chi connectivity index (χ0) is 14.8. The molecule has 4 N–H and O–H groups in total. The minimum absolute atomic E-state index is 0.366. The molecule has 1 aliphatic rings. The summed E-state index contributed by atoms with van der Waals surface area (Å²) in [6.07, 6.45) is 4.53. The van der Waals surface area contributed by atoms with Gasteiger partial charge in [-0.1, -0.05) is 18.0 Å². The van der Waals surface area contributed by atoms with Crippen molar-refractivity contribution in [3.05, 3.63) is 23.2 Å². The summed E-state index contributed by atoms with van der Waals surface area (Å²) < 4.78 is 24.8. The Morgan fingerprint density at radius 2 is 2.15 bits per heavy atom. The van der Waals surface area contributed by atoms with Crippen LogP contribution < -0.4 is 15.8 Å². The predicted octanol–water partition coefficient (Wildman–Crippen LogP) is 2.25. The smallest absolute Gasteiger partial charge is 0.229 e. The van der Waals surface area contributed by atoms with Crippen LogP contribution in [-0.4, -0.2) is 27.3 Å². The molecule has 112 valence electrons. The second-order valence-electron chi connectivity index (χ2n) is 5.25. The lowest BCUT2D eigenvalue weighted by Crippen LogP contribution is -2.29. The topological polar surface area (TPSA) is 84.2 Å². The largest absolute Gasteiger partial charge is 0.382 e. The molecule has 0 bridgehead atoms. The van der Waals surface area contributed by atoms with Crippen LogP contribution >= 0.6 is 11.6 Å². The Balaban J connectivity index is 2.09. The molecular formula is C13H20ClN3O2S. The van der Waals surface area contributed by atoms with Gasteiger partial charge in [-0.05, 0) is 43.5 Å². The van der Waals surface area contributed by atoms with Crippen molar-refractivity contribution in [3.8, 4) is 0 Å². The molecule has 1 fully saturated rings. The van der Waals surface area contributed by atoms with Crippen LogP contribution in [0.15, 0.2) is 18.2 Å². The summed E-state index contributed by atoms with van der Waals surface area (Å²) >= 11 is 6.10. The van der Waals surface area contributed by atoms with Gasteiger partial charge in [0.25, 0.3) is 0 Å². The summed E-state index contributed by atoms with van der Waals surface area (Å²) in [5.74, 6) is 0.489. The van der Waals surface area contributed by atoms with Crippen molar-refractivity contribution < 1.29 is 8.42 Å². The van der Waals surface area contributed by atoms with E-state index in [0.29, 0.717) is 29.2 Å². The molecule has 1 saturated carbocycles. The normalized spacial score (nSPS) is 22.8. The number of nitrogens with two attached hydrogens (primary N) is 1. The number of nitrogens with one attached hydrogen (secondary N) is 2. The van der Waals surface area contributed by atoms with Crippen LogP contribution in [-0.2, 0) is 10.0 Å². The van der Waals surface area contributed by atoms with Crippen molar-refractivity contribution in [2.24, 2.45) is 11.7 Å². The Labute approximate surface area is 124 Å². The molecule has 0 aliphatic heterocycles. The molecule has 0 spiro atoms. The number of benzene rings is 1. The second kappa shape index (κ2) is 6.20. The molecule has 2 atom stereocenters. The molecule has 2 rings (SSSR count). The zero-order valence-electron chi connectivity index (χ0n) is 11.4. The monoisotopic (exact) mass is 317 g/mol. The molecule has 0 radical (unpaired) electrons. The van der Waals surface area contributed by atoms with E-state index >= 15 is 0 Å². The zero-order valence-corrected chi connectivity index (χ0v) is 13.0. The Morgan fingerprint density at radius 1 is 1.40 bits per heavy atom. The molecule has 1 aromatic rings. The van der Waals surface area contributed by atoms with Gasteiger partial charge in [-0.25, -0.2) is 8.42 Å². The molecule has 1 aliphatic carbocycles. The first-order chi connectivity index (χ1) is 9.39. The summed E-state index contributed by atoms with van der Waals surface area (Å²) in [6.45, 7) is 0.680. The van der Waals surface area contributed by atoms with Crippen LogP contribution in [0, 0.1) is 5.92 Å². The number of hydrogen-bond acceptors (Lipinski definition) is 4. The van der Waals surface area contributed by atoms with Gasteiger partial charge in [-0.3, -0.25) is 4.72 Å². The number of hydrogen-bond donors (Lipinski definition) is 3. The first-order valence-corrected chi connectivity index (χ1v) is 8.90. The molecule has 0 saturated heterocycles. The van der Waals surface area contributed by atoms with E-state index in [1.165, 1.54) is 6.42 Å². The highest BCUT2D eigenvalue weighted by atomic mass is 35.5. The van der Waals surface area contributed by atoms with Gasteiger partial charge in [0, 0.05) is 11.7 Å². The third kappa shape index (κ3) is 4.01. The van der Waals surface area contributed by atoms with Crippen LogP contribution in [0.3, 0.4) is 0 Å². The summed E-state index contributed by atoms with van der Waals surface area (Å²) in [5.41, 5.74) is 7.04. The second-order valence-corrected chi connectivity index (χ2v) is 7.40. The van der Waals surface area contributed by atoms with Gasteiger partial charge in [0.2, 0.25) is 10.0 Å². The van der Waals surface area contributed by atoms with Crippen LogP contribution in [0.25, 0.3) is 0 Å². The Bertz CT molecular complexity index is 577. The van der Waals surface area contributed by atoms with Gasteiger partial charge in [0.05, 0.1) is 17.0 Å². The highest BCUT2D eigenvalue weighted by Crippen LogP contribution is 2.31. The first kappa shape index (κ1) is 15.4. The van der Waals surface area contributed by atoms with Gasteiger partial charge in [0.15, 0.2) is 0 Å². The van der Waals surface area contributed by atoms with E-state index in [1.54, 1.807) is 12.1 Å². The van der Waals surface area contributed by atoms with Crippen LogP contribution in [0.4, 0.5) is 11.4 Å². The molecule has 0 heterocycles. The minimum Gasteiger partial charge on any atom is -0.382 e. The van der Waals surface area contributed by atoms with Gasteiger partial charge in [-0.15, -0.1) is 0 Å². The first-order valence-electron chi connectivity index (χ1n) is 6.63. The summed E-state index contributed by atoms with van der Waals surface area (Å²) in [7, 11) is -3.32. The standard InChI is InChI=1S/C13H20ClN3O2S/c1-20(18,19)17-13-6-5-10(7-11(13)14)16-12-4-2-3-9(12)8-15/h5-7,9,12,16-17H,2-4,8,15H2,1H3. The Kier molecular flexibility index (Phi) is 4.78. The van der Waals surface area contributed by atoms with E-state index in [-0.39, 0.29) is 0 Å². The lowest BCUT2D eigenvalue weighted by Gasteiger charge is -2.21. The molecule has 2 unspecified atom stereocenters. The summed E-state index contributed by atoms with van der Waals surface area (Å²) in [6, 6.07) is 5.59. The van der Waals surface area contributed by atoms with Gasteiger partial charge in [-0.2, -0.15) is 0 Å². The Morgan fingerprint density at radius 3 is 2.75 bits per heavy atom.